The van der Waals surface area contributed by atoms with E-state index in [1.54, 1.807) is 24.3 Å². The van der Waals surface area contributed by atoms with Gasteiger partial charge in [0.1, 0.15) is 17.3 Å². The molecule has 0 aliphatic rings. The Morgan fingerprint density at radius 1 is 1.36 bits per heavy atom. The van der Waals surface area contributed by atoms with Gasteiger partial charge in [-0.3, -0.25) is 5.41 Å². The number of nitrogens with zero attached hydrogens (tertiary/aromatic N) is 1. The summed E-state index contributed by atoms with van der Waals surface area (Å²) in [4.78, 5) is 4.44. The predicted molar refractivity (Wildman–Crippen MR) is 112 cm³/mol. The number of aliphatic hydroxyl groups excluding tert-OH is 1. The zero-order valence-electron chi connectivity index (χ0n) is 14.3. The van der Waals surface area contributed by atoms with Gasteiger partial charge < -0.3 is 16.6 Å². The molecule has 0 amide bonds. The highest BCUT2D eigenvalue weighted by molar-refractivity contribution is 7.28. The Bertz CT molecular complexity index is 826. The van der Waals surface area contributed by atoms with E-state index in [-0.39, 0.29) is 23.2 Å². The van der Waals surface area contributed by atoms with Crippen LogP contribution in [-0.4, -0.2) is 16.7 Å². The minimum absolute atomic E-state index is 0.0541. The van der Waals surface area contributed by atoms with Gasteiger partial charge in [0.25, 0.3) is 0 Å². The van der Waals surface area contributed by atoms with Crippen LogP contribution >= 0.6 is 20.6 Å². The van der Waals surface area contributed by atoms with Crippen molar-refractivity contribution in [2.75, 3.05) is 5.73 Å². The first-order valence-corrected chi connectivity index (χ1v) is 9.34. The van der Waals surface area contributed by atoms with Crippen molar-refractivity contribution >= 4 is 48.8 Å². The Kier molecular flexibility index (Phi) is 6.34. The van der Waals surface area contributed by atoms with Crippen molar-refractivity contribution in [1.29, 1.82) is 5.41 Å². The van der Waals surface area contributed by atoms with Crippen LogP contribution in [0.2, 0.25) is 0 Å². The first-order valence-electron chi connectivity index (χ1n) is 7.82. The van der Waals surface area contributed by atoms with E-state index in [0.29, 0.717) is 28.9 Å². The van der Waals surface area contributed by atoms with Crippen LogP contribution in [0.5, 0.6) is 0 Å². The number of benzene rings is 1. The summed E-state index contributed by atoms with van der Waals surface area (Å²) >= 11 is 1.47. The van der Waals surface area contributed by atoms with Gasteiger partial charge in [-0.2, -0.15) is 11.3 Å². The number of nitrogen functional groups attached to an aromatic ring is 1. The maximum Gasteiger partial charge on any atom is 0.147 e. The molecule has 1 aromatic carbocycles. The molecule has 7 heteroatoms. The fraction of sp³-hybridized carbons (Fsp3) is 0.222. The summed E-state index contributed by atoms with van der Waals surface area (Å²) < 4.78 is 0. The van der Waals surface area contributed by atoms with Gasteiger partial charge in [0.2, 0.25) is 0 Å². The second-order valence-corrected chi connectivity index (χ2v) is 7.53. The Balaban J connectivity index is 2.47. The van der Waals surface area contributed by atoms with E-state index in [1.165, 1.54) is 11.3 Å². The lowest BCUT2D eigenvalue weighted by molar-refractivity contribution is 0.433. The third kappa shape index (κ3) is 4.91. The lowest BCUT2D eigenvalue weighted by Gasteiger charge is -2.14. The van der Waals surface area contributed by atoms with Gasteiger partial charge in [0.15, 0.2) is 0 Å². The summed E-state index contributed by atoms with van der Waals surface area (Å²) in [6, 6.07) is 7.11. The van der Waals surface area contributed by atoms with Crippen LogP contribution in [-0.2, 0) is 0 Å². The Labute approximate surface area is 154 Å². The zero-order valence-corrected chi connectivity index (χ0v) is 16.3. The van der Waals surface area contributed by atoms with Crippen molar-refractivity contribution in [3.8, 4) is 0 Å². The second-order valence-electron chi connectivity index (χ2n) is 6.13. The van der Waals surface area contributed by atoms with Crippen molar-refractivity contribution in [2.45, 2.75) is 20.3 Å². The van der Waals surface area contributed by atoms with E-state index < -0.39 is 0 Å². The molecule has 25 heavy (non-hydrogen) atoms. The van der Waals surface area contributed by atoms with Crippen LogP contribution in [0, 0.1) is 11.3 Å². The van der Waals surface area contributed by atoms with Crippen LogP contribution in [0.25, 0.3) is 0 Å². The molecule has 0 saturated carbocycles. The average molecular weight is 374 g/mol. The number of nitrogens with two attached hydrogens (primary N) is 2. The fourth-order valence-electron chi connectivity index (χ4n) is 2.30. The largest absolute Gasteiger partial charge is 0.505 e. The molecule has 2 rings (SSSR count). The molecule has 1 atom stereocenters. The van der Waals surface area contributed by atoms with Gasteiger partial charge in [-0.05, 0) is 47.3 Å². The average Bonchev–Trinajstić information content (AvgIpc) is 3.08. The molecule has 5 nitrogen and oxygen atoms in total. The van der Waals surface area contributed by atoms with E-state index in [0.717, 1.165) is 5.30 Å². The van der Waals surface area contributed by atoms with E-state index in [2.05, 4.69) is 14.2 Å². The number of nitrogens with one attached hydrogen (secondary N) is 1. The molecular formula is C18H23N4OPS. The minimum Gasteiger partial charge on any atom is -0.505 e. The number of rotatable bonds is 6. The van der Waals surface area contributed by atoms with Crippen LogP contribution < -0.4 is 16.8 Å². The number of hydrogen-bond donors (Lipinski definition) is 4. The van der Waals surface area contributed by atoms with Crippen LogP contribution in [0.3, 0.4) is 0 Å². The monoisotopic (exact) mass is 374 g/mol. The third-order valence-electron chi connectivity index (χ3n) is 3.55. The summed E-state index contributed by atoms with van der Waals surface area (Å²) in [6.07, 6.45) is 0.523. The third-order valence-corrected chi connectivity index (χ3v) is 4.69. The van der Waals surface area contributed by atoms with Crippen molar-refractivity contribution in [3.05, 3.63) is 51.9 Å². The SMILES string of the molecule is CC(C)C/C(C(N)=Nc1ccc(N)cc1P)=C(/O)C(=N)c1ccsc1. The van der Waals surface area contributed by atoms with Gasteiger partial charge >= 0.3 is 0 Å². The van der Waals surface area contributed by atoms with Crippen molar-refractivity contribution in [2.24, 2.45) is 16.6 Å². The van der Waals surface area contributed by atoms with Gasteiger partial charge in [-0.15, -0.1) is 9.24 Å². The lowest BCUT2D eigenvalue weighted by Crippen LogP contribution is -2.21. The topological polar surface area (TPSA) is 108 Å². The minimum atomic E-state index is -0.130. The highest BCUT2D eigenvalue weighted by Gasteiger charge is 2.18. The van der Waals surface area contributed by atoms with Gasteiger partial charge in [0, 0.05) is 22.2 Å². The molecule has 0 radical (unpaired) electrons. The summed E-state index contributed by atoms with van der Waals surface area (Å²) in [5.74, 6) is 0.330. The highest BCUT2D eigenvalue weighted by Crippen LogP contribution is 2.22. The van der Waals surface area contributed by atoms with Crippen LogP contribution in [0.4, 0.5) is 11.4 Å². The molecule has 1 aromatic heterocycles. The second kappa shape index (κ2) is 8.28. The molecule has 0 spiro atoms. The summed E-state index contributed by atoms with van der Waals surface area (Å²) in [5, 5.41) is 23.4. The number of amidine groups is 1. The molecule has 1 unspecified atom stereocenters. The number of anilines is 1. The molecule has 0 aliphatic heterocycles. The highest BCUT2D eigenvalue weighted by atomic mass is 32.1. The fourth-order valence-corrected chi connectivity index (χ4v) is 3.30. The van der Waals surface area contributed by atoms with Crippen LogP contribution in [0.15, 0.2) is 51.4 Å². The first kappa shape index (κ1) is 19.2. The van der Waals surface area contributed by atoms with Crippen molar-refractivity contribution in [1.82, 2.24) is 0 Å². The van der Waals surface area contributed by atoms with E-state index in [9.17, 15) is 5.11 Å². The Hall–Kier alpha value is -2.17. The maximum absolute atomic E-state index is 10.6. The number of aliphatic imine (C=N–C) groups is 1. The number of hydrogen-bond acceptors (Lipinski definition) is 5. The summed E-state index contributed by atoms with van der Waals surface area (Å²) in [6.45, 7) is 4.05. The lowest BCUT2D eigenvalue weighted by atomic mass is 9.98. The van der Waals surface area contributed by atoms with Crippen molar-refractivity contribution in [3.63, 3.8) is 0 Å². The van der Waals surface area contributed by atoms with Crippen molar-refractivity contribution < 1.29 is 5.11 Å². The number of allylic oxidation sites excluding steroid dienone is 1. The summed E-state index contributed by atoms with van der Waals surface area (Å²) in [7, 11) is 2.57. The Morgan fingerprint density at radius 2 is 2.08 bits per heavy atom. The molecule has 2 aromatic rings. The number of thiophene rings is 1. The van der Waals surface area contributed by atoms with Gasteiger partial charge in [0.05, 0.1) is 5.69 Å². The predicted octanol–water partition coefficient (Wildman–Crippen LogP) is 3.75. The molecule has 132 valence electrons. The Morgan fingerprint density at radius 3 is 2.64 bits per heavy atom. The zero-order chi connectivity index (χ0) is 18.6. The van der Waals surface area contributed by atoms with E-state index in [1.807, 2.05) is 24.6 Å². The molecule has 0 saturated heterocycles. The molecule has 6 N–H and O–H groups in total. The molecule has 1 heterocycles. The van der Waals surface area contributed by atoms with E-state index >= 15 is 0 Å². The molecule has 0 aliphatic carbocycles. The quantitative estimate of drug-likeness (QED) is 0.203. The first-order chi connectivity index (χ1) is 11.8. The van der Waals surface area contributed by atoms with E-state index in [4.69, 9.17) is 16.9 Å². The molecule has 0 fully saturated rings. The standard InChI is InChI=1S/C18H23N4OPS/c1-10(2)7-13(17(23)16(20)11-5-6-25-9-11)18(21)22-14-4-3-12(19)8-15(14)24/h3-6,8-10,20,23H,7,19,24H2,1-2H3,(H2,21,22)/b17-13-,20-16?. The van der Waals surface area contributed by atoms with Crippen LogP contribution in [0.1, 0.15) is 25.8 Å². The molecular weight excluding hydrogens is 351 g/mol. The van der Waals surface area contributed by atoms with Gasteiger partial charge in [-0.1, -0.05) is 13.8 Å². The summed E-state index contributed by atoms with van der Waals surface area (Å²) in [5.41, 5.74) is 14.4. The molecule has 0 bridgehead atoms. The number of aliphatic hydroxyl groups is 1. The smallest absolute Gasteiger partial charge is 0.147 e. The normalized spacial score (nSPS) is 13.0. The van der Waals surface area contributed by atoms with Gasteiger partial charge in [-0.25, -0.2) is 4.99 Å². The maximum atomic E-state index is 10.6.